The van der Waals surface area contributed by atoms with Gasteiger partial charge in [0.05, 0.1) is 31.7 Å². The molecule has 0 atom stereocenters. The number of benzene rings is 3. The number of halogens is 1. The summed E-state index contributed by atoms with van der Waals surface area (Å²) in [5.41, 5.74) is 3.28. The lowest BCUT2D eigenvalue weighted by atomic mass is 10.1. The predicted octanol–water partition coefficient (Wildman–Crippen LogP) is 3.55. The Kier molecular flexibility index (Phi) is 8.35. The van der Waals surface area contributed by atoms with Crippen molar-refractivity contribution in [2.75, 3.05) is 36.9 Å². The van der Waals surface area contributed by atoms with Crippen LogP contribution in [0.1, 0.15) is 27.0 Å². The Morgan fingerprint density at radius 1 is 0.972 bits per heavy atom. The number of rotatable bonds is 9. The molecule has 4 rings (SSSR count). The van der Waals surface area contributed by atoms with Crippen LogP contribution >= 0.6 is 0 Å². The van der Waals surface area contributed by atoms with Gasteiger partial charge in [0.25, 0.3) is 5.91 Å². The van der Waals surface area contributed by atoms with Crippen molar-refractivity contribution < 1.29 is 22.3 Å². The summed E-state index contributed by atoms with van der Waals surface area (Å²) in [7, 11) is -3.71. The zero-order chi connectivity index (χ0) is 25.5. The van der Waals surface area contributed by atoms with Crippen LogP contribution < -0.4 is 9.62 Å². The van der Waals surface area contributed by atoms with Crippen molar-refractivity contribution in [1.82, 2.24) is 10.2 Å². The number of sulfonamides is 1. The van der Waals surface area contributed by atoms with Crippen molar-refractivity contribution in [3.8, 4) is 0 Å². The van der Waals surface area contributed by atoms with Gasteiger partial charge in [-0.3, -0.25) is 14.0 Å². The Balaban J connectivity index is 1.36. The Bertz CT molecular complexity index is 1290. The highest BCUT2D eigenvalue weighted by molar-refractivity contribution is 7.92. The fourth-order valence-electron chi connectivity index (χ4n) is 4.10. The number of hydrogen-bond donors (Lipinski definition) is 1. The monoisotopic (exact) mass is 511 g/mol. The van der Waals surface area contributed by atoms with Gasteiger partial charge >= 0.3 is 0 Å². The van der Waals surface area contributed by atoms with Gasteiger partial charge in [0.2, 0.25) is 10.0 Å². The quantitative estimate of drug-likeness (QED) is 0.475. The molecule has 190 valence electrons. The lowest BCUT2D eigenvalue weighted by molar-refractivity contribution is 0.0342. The Hall–Kier alpha value is -3.27. The standard InChI is InChI=1S/C27H30FN3O4S/c1-36(33,34)31(26-8-3-2-7-25(26)28)20-21-9-11-24(12-10-21)27(32)29-18-22-5-4-6-23(17-22)19-30-13-15-35-16-14-30/h2-12,17H,13-16,18-20H2,1H3,(H,29,32). The highest BCUT2D eigenvalue weighted by Gasteiger charge is 2.21. The molecule has 1 amide bonds. The topological polar surface area (TPSA) is 79.0 Å². The lowest BCUT2D eigenvalue weighted by Gasteiger charge is -2.26. The molecule has 0 saturated carbocycles. The summed E-state index contributed by atoms with van der Waals surface area (Å²) in [5.74, 6) is -0.845. The maximum atomic E-state index is 14.2. The number of amides is 1. The molecule has 36 heavy (non-hydrogen) atoms. The van der Waals surface area contributed by atoms with Crippen LogP contribution in [-0.2, 0) is 34.4 Å². The Morgan fingerprint density at radius 3 is 2.36 bits per heavy atom. The molecule has 3 aromatic carbocycles. The summed E-state index contributed by atoms with van der Waals surface area (Å²) >= 11 is 0. The lowest BCUT2D eigenvalue weighted by Crippen LogP contribution is -2.35. The van der Waals surface area contributed by atoms with E-state index in [1.807, 2.05) is 12.1 Å². The van der Waals surface area contributed by atoms with Gasteiger partial charge in [-0.05, 0) is 41.0 Å². The highest BCUT2D eigenvalue weighted by atomic mass is 32.2. The summed E-state index contributed by atoms with van der Waals surface area (Å²) in [4.78, 5) is 15.0. The molecular formula is C27H30FN3O4S. The van der Waals surface area contributed by atoms with Crippen molar-refractivity contribution in [3.05, 3.63) is 101 Å². The summed E-state index contributed by atoms with van der Waals surface area (Å²) in [5, 5.41) is 2.94. The fourth-order valence-corrected chi connectivity index (χ4v) is 4.99. The van der Waals surface area contributed by atoms with Gasteiger partial charge in [0, 0.05) is 31.7 Å². The highest BCUT2D eigenvalue weighted by Crippen LogP contribution is 2.24. The van der Waals surface area contributed by atoms with E-state index in [2.05, 4.69) is 22.3 Å². The zero-order valence-electron chi connectivity index (χ0n) is 20.2. The molecule has 1 fully saturated rings. The second-order valence-corrected chi connectivity index (χ2v) is 10.7. The molecule has 0 aliphatic carbocycles. The molecule has 3 aromatic rings. The van der Waals surface area contributed by atoms with Crippen molar-refractivity contribution in [1.29, 1.82) is 0 Å². The molecule has 1 heterocycles. The first-order chi connectivity index (χ1) is 17.3. The second-order valence-electron chi connectivity index (χ2n) is 8.81. The minimum Gasteiger partial charge on any atom is -0.379 e. The van der Waals surface area contributed by atoms with Gasteiger partial charge in [-0.25, -0.2) is 12.8 Å². The average molecular weight is 512 g/mol. The SMILES string of the molecule is CS(=O)(=O)N(Cc1ccc(C(=O)NCc2cccc(CN3CCOCC3)c2)cc1)c1ccccc1F. The minimum absolute atomic E-state index is 0.0160. The van der Waals surface area contributed by atoms with Gasteiger partial charge in [0.1, 0.15) is 5.82 Å². The maximum Gasteiger partial charge on any atom is 0.251 e. The molecule has 0 aromatic heterocycles. The third-order valence-corrected chi connectivity index (χ3v) is 7.14. The van der Waals surface area contributed by atoms with E-state index in [-0.39, 0.29) is 18.1 Å². The number of ether oxygens (including phenoxy) is 1. The van der Waals surface area contributed by atoms with Gasteiger partial charge in [0.15, 0.2) is 0 Å². The van der Waals surface area contributed by atoms with Crippen LogP contribution in [0.2, 0.25) is 0 Å². The van der Waals surface area contributed by atoms with Crippen molar-refractivity contribution in [2.24, 2.45) is 0 Å². The predicted molar refractivity (Wildman–Crippen MR) is 138 cm³/mol. The van der Waals surface area contributed by atoms with Crippen molar-refractivity contribution in [3.63, 3.8) is 0 Å². The van der Waals surface area contributed by atoms with E-state index in [0.717, 1.165) is 49.0 Å². The number of morpholine rings is 1. The minimum atomic E-state index is -3.71. The van der Waals surface area contributed by atoms with E-state index >= 15 is 0 Å². The molecule has 9 heteroatoms. The number of carbonyl (C=O) groups is 1. The van der Waals surface area contributed by atoms with Crippen LogP contribution in [0.4, 0.5) is 10.1 Å². The molecule has 1 N–H and O–H groups in total. The van der Waals surface area contributed by atoms with E-state index < -0.39 is 15.8 Å². The first-order valence-corrected chi connectivity index (χ1v) is 13.6. The van der Waals surface area contributed by atoms with Gasteiger partial charge in [-0.15, -0.1) is 0 Å². The normalized spacial score (nSPS) is 14.4. The Morgan fingerprint density at radius 2 is 1.67 bits per heavy atom. The third kappa shape index (κ3) is 6.90. The fraction of sp³-hybridized carbons (Fsp3) is 0.296. The maximum absolute atomic E-state index is 14.2. The number of anilines is 1. The number of carbonyl (C=O) groups excluding carboxylic acids is 1. The molecule has 0 radical (unpaired) electrons. The molecule has 0 spiro atoms. The second kappa shape index (κ2) is 11.6. The van der Waals surface area contributed by atoms with E-state index in [9.17, 15) is 17.6 Å². The van der Waals surface area contributed by atoms with E-state index in [1.165, 1.54) is 23.8 Å². The van der Waals surface area contributed by atoms with Crippen LogP contribution in [-0.4, -0.2) is 51.8 Å². The summed E-state index contributed by atoms with van der Waals surface area (Å²) in [6.07, 6.45) is 1.04. The molecule has 0 unspecified atom stereocenters. The molecule has 1 aliphatic heterocycles. The first kappa shape index (κ1) is 25.8. The zero-order valence-corrected chi connectivity index (χ0v) is 21.0. The van der Waals surface area contributed by atoms with Crippen molar-refractivity contribution >= 4 is 21.6 Å². The molecule has 7 nitrogen and oxygen atoms in total. The number of para-hydroxylation sites is 1. The summed E-state index contributed by atoms with van der Waals surface area (Å²) in [6, 6.07) is 20.5. The first-order valence-electron chi connectivity index (χ1n) is 11.8. The van der Waals surface area contributed by atoms with Crippen LogP contribution in [0, 0.1) is 5.82 Å². The molecule has 0 bridgehead atoms. The third-order valence-electron chi connectivity index (χ3n) is 6.02. The van der Waals surface area contributed by atoms with Gasteiger partial charge in [-0.1, -0.05) is 48.5 Å². The molecule has 1 aliphatic rings. The number of nitrogens with zero attached hydrogens (tertiary/aromatic N) is 2. The van der Waals surface area contributed by atoms with E-state index in [1.54, 1.807) is 30.3 Å². The van der Waals surface area contributed by atoms with Gasteiger partial charge < -0.3 is 10.1 Å². The summed E-state index contributed by atoms with van der Waals surface area (Å²) < 4.78 is 45.3. The van der Waals surface area contributed by atoms with E-state index in [0.29, 0.717) is 17.7 Å². The van der Waals surface area contributed by atoms with Crippen LogP contribution in [0.25, 0.3) is 0 Å². The van der Waals surface area contributed by atoms with Crippen LogP contribution in [0.3, 0.4) is 0 Å². The van der Waals surface area contributed by atoms with Crippen LogP contribution in [0.15, 0.2) is 72.8 Å². The average Bonchev–Trinajstić information content (AvgIpc) is 2.87. The number of hydrogen-bond acceptors (Lipinski definition) is 5. The smallest absolute Gasteiger partial charge is 0.251 e. The van der Waals surface area contributed by atoms with Crippen molar-refractivity contribution in [2.45, 2.75) is 19.6 Å². The van der Waals surface area contributed by atoms with Gasteiger partial charge in [-0.2, -0.15) is 0 Å². The van der Waals surface area contributed by atoms with E-state index in [4.69, 9.17) is 4.74 Å². The molecule has 1 saturated heterocycles. The summed E-state index contributed by atoms with van der Waals surface area (Å²) in [6.45, 7) is 4.54. The molecular weight excluding hydrogens is 481 g/mol. The largest absolute Gasteiger partial charge is 0.379 e. The van der Waals surface area contributed by atoms with Crippen LogP contribution in [0.5, 0.6) is 0 Å². The Labute approximate surface area is 211 Å². The number of nitrogens with one attached hydrogen (secondary N) is 1.